The summed E-state index contributed by atoms with van der Waals surface area (Å²) in [5, 5.41) is 9.15. The molecule has 3 aromatic rings. The molecule has 0 saturated carbocycles. The Kier molecular flexibility index (Phi) is 7.12. The van der Waals surface area contributed by atoms with Gasteiger partial charge < -0.3 is 14.2 Å². The van der Waals surface area contributed by atoms with E-state index >= 15 is 0 Å². The lowest BCUT2D eigenvalue weighted by molar-refractivity contribution is 0.296. The average Bonchev–Trinajstić information content (AvgIpc) is 3.63. The number of ether oxygens (including phenoxy) is 3. The summed E-state index contributed by atoms with van der Waals surface area (Å²) in [4.78, 5) is 0. The van der Waals surface area contributed by atoms with Gasteiger partial charge >= 0.3 is 0 Å². The number of nitrogens with zero attached hydrogens (tertiary/aromatic N) is 1. The van der Waals surface area contributed by atoms with Crippen molar-refractivity contribution in [2.75, 3.05) is 13.2 Å². The maximum Gasteiger partial charge on any atom is 0.120 e. The van der Waals surface area contributed by atoms with E-state index in [9.17, 15) is 0 Å². The van der Waals surface area contributed by atoms with Crippen LogP contribution in [-0.2, 0) is 17.8 Å². The Morgan fingerprint density at radius 1 is 0.794 bits per heavy atom. The fourth-order valence-electron chi connectivity index (χ4n) is 4.65. The van der Waals surface area contributed by atoms with Crippen LogP contribution in [0.1, 0.15) is 60.8 Å². The molecule has 1 aliphatic heterocycles. The van der Waals surface area contributed by atoms with E-state index in [0.717, 1.165) is 48.7 Å². The van der Waals surface area contributed by atoms with Crippen molar-refractivity contribution in [3.05, 3.63) is 82.9 Å². The first kappa shape index (κ1) is 22.5. The van der Waals surface area contributed by atoms with E-state index in [2.05, 4.69) is 30.3 Å². The van der Waals surface area contributed by atoms with Crippen molar-refractivity contribution in [1.82, 2.24) is 0 Å². The van der Waals surface area contributed by atoms with Gasteiger partial charge in [0.15, 0.2) is 0 Å². The summed E-state index contributed by atoms with van der Waals surface area (Å²) in [6.45, 7) is 2.27. The van der Waals surface area contributed by atoms with Gasteiger partial charge in [-0.25, -0.2) is 0 Å². The van der Waals surface area contributed by atoms with Crippen molar-refractivity contribution >= 4 is 0 Å². The second kappa shape index (κ2) is 10.8. The number of hydrogen-bond donors (Lipinski definition) is 0. The second-order valence-corrected chi connectivity index (χ2v) is 9.27. The van der Waals surface area contributed by atoms with E-state index in [1.165, 1.54) is 54.4 Å². The molecule has 174 valence electrons. The zero-order valence-electron chi connectivity index (χ0n) is 19.6. The molecule has 1 aliphatic carbocycles. The largest absolute Gasteiger partial charge is 0.494 e. The van der Waals surface area contributed by atoms with Crippen molar-refractivity contribution in [3.63, 3.8) is 0 Å². The fraction of sp³-hybridized carbons (Fsp3) is 0.367. The first-order valence-electron chi connectivity index (χ1n) is 12.4. The molecule has 1 fully saturated rings. The minimum atomic E-state index is 0.528. The smallest absolute Gasteiger partial charge is 0.120 e. The number of rotatable bonds is 12. The molecular formula is C30H31NO3. The lowest BCUT2D eigenvalue weighted by Crippen LogP contribution is -1.98. The molecule has 1 heterocycles. The lowest BCUT2D eigenvalue weighted by atomic mass is 10.0. The van der Waals surface area contributed by atoms with Gasteiger partial charge in [0, 0.05) is 0 Å². The van der Waals surface area contributed by atoms with Crippen LogP contribution in [0.3, 0.4) is 0 Å². The van der Waals surface area contributed by atoms with Crippen molar-refractivity contribution in [2.24, 2.45) is 0 Å². The van der Waals surface area contributed by atoms with Crippen molar-refractivity contribution in [3.8, 4) is 28.7 Å². The Labute approximate surface area is 202 Å². The first-order valence-corrected chi connectivity index (χ1v) is 12.4. The fourth-order valence-corrected chi connectivity index (χ4v) is 4.65. The van der Waals surface area contributed by atoms with Gasteiger partial charge in [0.25, 0.3) is 0 Å². The molecule has 0 amide bonds. The number of unbranched alkanes of at least 4 members (excludes halogenated alkanes) is 4. The molecule has 34 heavy (non-hydrogen) atoms. The molecule has 0 radical (unpaired) electrons. The first-order chi connectivity index (χ1) is 16.8. The number of benzene rings is 3. The zero-order valence-corrected chi connectivity index (χ0v) is 19.6. The molecule has 0 N–H and O–H groups in total. The van der Waals surface area contributed by atoms with Crippen LogP contribution in [0.25, 0.3) is 11.1 Å². The van der Waals surface area contributed by atoms with Crippen molar-refractivity contribution in [2.45, 2.75) is 57.7 Å². The maximum atomic E-state index is 9.15. The molecule has 5 rings (SSSR count). The average molecular weight is 454 g/mol. The summed E-state index contributed by atoms with van der Waals surface area (Å²) >= 11 is 0. The Bertz CT molecular complexity index is 1160. The van der Waals surface area contributed by atoms with E-state index < -0.39 is 0 Å². The third kappa shape index (κ3) is 5.79. The summed E-state index contributed by atoms with van der Waals surface area (Å²) in [5.74, 6) is 1.74. The van der Waals surface area contributed by atoms with Crippen LogP contribution in [0.2, 0.25) is 0 Å². The standard InChI is InChI=1S/C30H31NO3/c31-19-22-7-13-29-24(16-22)18-25-17-23(8-14-30(25)29)20-33-27-11-9-26(10-12-27)32-15-5-3-1-2-4-6-28-21-34-28/h7-14,16-17,28H,1-6,15,18,20-21H2. The Morgan fingerprint density at radius 3 is 2.24 bits per heavy atom. The number of nitriles is 1. The minimum absolute atomic E-state index is 0.528. The van der Waals surface area contributed by atoms with Crippen LogP contribution in [0.15, 0.2) is 60.7 Å². The number of epoxide rings is 1. The molecule has 4 nitrogen and oxygen atoms in total. The SMILES string of the molecule is N#Cc1ccc2c(c1)Cc1cc(COc3ccc(OCCCCCCCC4CO4)cc3)ccc1-2. The summed E-state index contributed by atoms with van der Waals surface area (Å²) in [5.41, 5.74) is 6.89. The Hall–Kier alpha value is -3.29. The van der Waals surface area contributed by atoms with E-state index in [-0.39, 0.29) is 0 Å². The third-order valence-electron chi connectivity index (χ3n) is 6.65. The Balaban J connectivity index is 1.04. The highest BCUT2D eigenvalue weighted by molar-refractivity contribution is 5.77. The quantitative estimate of drug-likeness (QED) is 0.174. The molecule has 2 aliphatic rings. The summed E-state index contributed by atoms with van der Waals surface area (Å²) in [7, 11) is 0. The van der Waals surface area contributed by atoms with E-state index in [1.807, 2.05) is 36.4 Å². The van der Waals surface area contributed by atoms with Gasteiger partial charge in [0.1, 0.15) is 18.1 Å². The highest BCUT2D eigenvalue weighted by Crippen LogP contribution is 2.37. The van der Waals surface area contributed by atoms with Gasteiger partial charge in [-0.2, -0.15) is 5.26 Å². The monoisotopic (exact) mass is 453 g/mol. The van der Waals surface area contributed by atoms with Gasteiger partial charge in [-0.05, 0) is 83.5 Å². The maximum absolute atomic E-state index is 9.15. The lowest BCUT2D eigenvalue weighted by Gasteiger charge is -2.10. The predicted molar refractivity (Wildman–Crippen MR) is 133 cm³/mol. The molecule has 4 heteroatoms. The van der Waals surface area contributed by atoms with E-state index in [4.69, 9.17) is 19.5 Å². The zero-order chi connectivity index (χ0) is 23.2. The number of hydrogen-bond acceptors (Lipinski definition) is 4. The molecule has 1 atom stereocenters. The van der Waals surface area contributed by atoms with Crippen molar-refractivity contribution in [1.29, 1.82) is 5.26 Å². The molecule has 0 bridgehead atoms. The topological polar surface area (TPSA) is 54.8 Å². The van der Waals surface area contributed by atoms with E-state index in [0.29, 0.717) is 12.7 Å². The van der Waals surface area contributed by atoms with Crippen LogP contribution in [0, 0.1) is 11.3 Å². The summed E-state index contributed by atoms with van der Waals surface area (Å²) < 4.78 is 17.1. The van der Waals surface area contributed by atoms with Gasteiger partial charge in [-0.1, -0.05) is 49.9 Å². The van der Waals surface area contributed by atoms with Crippen LogP contribution in [0.5, 0.6) is 11.5 Å². The second-order valence-electron chi connectivity index (χ2n) is 9.27. The van der Waals surface area contributed by atoms with Gasteiger partial charge in [-0.3, -0.25) is 0 Å². The van der Waals surface area contributed by atoms with Crippen molar-refractivity contribution < 1.29 is 14.2 Å². The van der Waals surface area contributed by atoms with Crippen LogP contribution < -0.4 is 9.47 Å². The highest BCUT2D eigenvalue weighted by atomic mass is 16.6. The van der Waals surface area contributed by atoms with Gasteiger partial charge in [0.05, 0.1) is 31.0 Å². The Morgan fingerprint density at radius 2 is 1.47 bits per heavy atom. The molecule has 1 saturated heterocycles. The normalized spacial score (nSPS) is 15.3. The van der Waals surface area contributed by atoms with Crippen LogP contribution in [-0.4, -0.2) is 19.3 Å². The number of fused-ring (bicyclic) bond motifs is 3. The molecule has 0 spiro atoms. The minimum Gasteiger partial charge on any atom is -0.494 e. The molecule has 0 aromatic heterocycles. The van der Waals surface area contributed by atoms with Gasteiger partial charge in [0.2, 0.25) is 0 Å². The van der Waals surface area contributed by atoms with Crippen LogP contribution >= 0.6 is 0 Å². The highest BCUT2D eigenvalue weighted by Gasteiger charge is 2.21. The van der Waals surface area contributed by atoms with Crippen LogP contribution in [0.4, 0.5) is 0 Å². The summed E-state index contributed by atoms with van der Waals surface area (Å²) in [6.07, 6.45) is 8.85. The van der Waals surface area contributed by atoms with Gasteiger partial charge in [-0.15, -0.1) is 0 Å². The molecule has 1 unspecified atom stereocenters. The third-order valence-corrected chi connectivity index (χ3v) is 6.65. The predicted octanol–water partition coefficient (Wildman–Crippen LogP) is 6.83. The summed E-state index contributed by atoms with van der Waals surface area (Å²) in [6, 6.07) is 22.6. The molecular weight excluding hydrogens is 422 g/mol. The molecule has 3 aromatic carbocycles. The van der Waals surface area contributed by atoms with E-state index in [1.54, 1.807) is 0 Å².